The Hall–Kier alpha value is -2.69. The van der Waals surface area contributed by atoms with Crippen molar-refractivity contribution >= 4 is 28.9 Å². The minimum Gasteiger partial charge on any atom is -0.340 e. The molecule has 1 amide bonds. The van der Waals surface area contributed by atoms with Crippen LogP contribution in [0.2, 0.25) is 0 Å². The van der Waals surface area contributed by atoms with E-state index in [0.717, 1.165) is 12.1 Å². The van der Waals surface area contributed by atoms with Gasteiger partial charge < -0.3 is 10.6 Å². The molecule has 22 heavy (non-hydrogen) atoms. The van der Waals surface area contributed by atoms with Gasteiger partial charge in [0.2, 0.25) is 5.91 Å². The third-order valence-electron chi connectivity index (χ3n) is 3.07. The molecule has 1 heterocycles. The summed E-state index contributed by atoms with van der Waals surface area (Å²) >= 11 is 0. The smallest absolute Gasteiger partial charge is 0.224 e. The molecule has 0 saturated carbocycles. The summed E-state index contributed by atoms with van der Waals surface area (Å²) in [6.45, 7) is 3.49. The number of pyridine rings is 1. The van der Waals surface area contributed by atoms with Crippen molar-refractivity contribution in [1.29, 1.82) is 0 Å². The molecule has 5 heteroatoms. The average molecular weight is 297 g/mol. The van der Waals surface area contributed by atoms with E-state index in [9.17, 15) is 9.59 Å². The highest BCUT2D eigenvalue weighted by Gasteiger charge is 2.03. The lowest BCUT2D eigenvalue weighted by Crippen LogP contribution is -2.10. The number of anilines is 3. The minimum atomic E-state index is -0.0147. The normalized spacial score (nSPS) is 10.1. The Morgan fingerprint density at radius 1 is 1.14 bits per heavy atom. The molecule has 0 atom stereocenters. The fourth-order valence-corrected chi connectivity index (χ4v) is 1.96. The number of carbonyl (C=O) groups excluding carboxylic acids is 2. The van der Waals surface area contributed by atoms with E-state index >= 15 is 0 Å². The first-order valence-electron chi connectivity index (χ1n) is 7.22. The lowest BCUT2D eigenvalue weighted by molar-refractivity contribution is -0.116. The van der Waals surface area contributed by atoms with E-state index in [1.807, 2.05) is 19.1 Å². The van der Waals surface area contributed by atoms with Gasteiger partial charge in [-0.3, -0.25) is 9.59 Å². The van der Waals surface area contributed by atoms with Gasteiger partial charge in [0.15, 0.2) is 5.78 Å². The van der Waals surface area contributed by atoms with Crippen molar-refractivity contribution < 1.29 is 9.59 Å². The number of ketones is 1. The molecule has 0 saturated heterocycles. The number of Topliss-reactive ketones (excluding diaryl/α,β-unsaturated/α-hetero) is 1. The number of nitrogens with zero attached hydrogens (tertiary/aromatic N) is 1. The van der Waals surface area contributed by atoms with Gasteiger partial charge in [-0.05, 0) is 37.6 Å². The summed E-state index contributed by atoms with van der Waals surface area (Å²) in [4.78, 5) is 27.1. The average Bonchev–Trinajstić information content (AvgIpc) is 2.50. The predicted octanol–water partition coefficient (Wildman–Crippen LogP) is 3.77. The van der Waals surface area contributed by atoms with Crippen molar-refractivity contribution in [2.75, 3.05) is 10.6 Å². The molecule has 2 aromatic rings. The van der Waals surface area contributed by atoms with Gasteiger partial charge in [0.1, 0.15) is 5.82 Å². The quantitative estimate of drug-likeness (QED) is 0.796. The molecular weight excluding hydrogens is 278 g/mol. The van der Waals surface area contributed by atoms with Crippen molar-refractivity contribution in [3.8, 4) is 0 Å². The van der Waals surface area contributed by atoms with Crippen molar-refractivity contribution in [1.82, 2.24) is 4.98 Å². The van der Waals surface area contributed by atoms with E-state index < -0.39 is 0 Å². The third kappa shape index (κ3) is 4.41. The van der Waals surface area contributed by atoms with Crippen LogP contribution in [0.3, 0.4) is 0 Å². The summed E-state index contributed by atoms with van der Waals surface area (Å²) in [5.74, 6) is 0.652. The molecule has 0 unspecified atom stereocenters. The van der Waals surface area contributed by atoms with Gasteiger partial charge in [-0.1, -0.05) is 19.1 Å². The number of hydrogen-bond donors (Lipinski definition) is 2. The van der Waals surface area contributed by atoms with Crippen LogP contribution in [0.5, 0.6) is 0 Å². The zero-order chi connectivity index (χ0) is 15.9. The van der Waals surface area contributed by atoms with Crippen LogP contribution < -0.4 is 10.6 Å². The van der Waals surface area contributed by atoms with E-state index in [1.165, 1.54) is 6.92 Å². The van der Waals surface area contributed by atoms with Crippen LogP contribution in [0, 0.1) is 0 Å². The zero-order valence-corrected chi connectivity index (χ0v) is 12.7. The number of nitrogens with one attached hydrogen (secondary N) is 2. The number of carbonyl (C=O) groups is 2. The monoisotopic (exact) mass is 297 g/mol. The molecule has 2 N–H and O–H groups in total. The number of benzene rings is 1. The molecule has 0 aliphatic heterocycles. The first-order valence-corrected chi connectivity index (χ1v) is 7.22. The molecule has 0 spiro atoms. The van der Waals surface area contributed by atoms with Crippen LogP contribution in [0.4, 0.5) is 17.2 Å². The van der Waals surface area contributed by atoms with E-state index in [4.69, 9.17) is 0 Å². The van der Waals surface area contributed by atoms with Gasteiger partial charge in [0.25, 0.3) is 0 Å². The Bertz CT molecular complexity index is 666. The highest BCUT2D eigenvalue weighted by Crippen LogP contribution is 2.18. The molecular formula is C17H19N3O2. The van der Waals surface area contributed by atoms with Gasteiger partial charge in [-0.25, -0.2) is 4.98 Å². The van der Waals surface area contributed by atoms with Crippen LogP contribution in [0.1, 0.15) is 37.0 Å². The number of rotatable bonds is 6. The second-order valence-electron chi connectivity index (χ2n) is 4.99. The standard InChI is InChI=1S/C17H19N3O2/c1-3-5-17(22)20-15-8-9-16(18-11-15)19-14-7-4-6-13(10-14)12(2)21/h4,6-11H,3,5H2,1-2H3,(H,18,19)(H,20,22). The first kappa shape index (κ1) is 15.7. The van der Waals surface area contributed by atoms with Crippen LogP contribution >= 0.6 is 0 Å². The van der Waals surface area contributed by atoms with Crippen LogP contribution in [0.25, 0.3) is 0 Å². The van der Waals surface area contributed by atoms with E-state index in [1.54, 1.807) is 30.5 Å². The van der Waals surface area contributed by atoms with Crippen LogP contribution in [-0.4, -0.2) is 16.7 Å². The molecule has 114 valence electrons. The van der Waals surface area contributed by atoms with E-state index in [0.29, 0.717) is 23.5 Å². The maximum Gasteiger partial charge on any atom is 0.224 e. The van der Waals surface area contributed by atoms with Crippen LogP contribution in [0.15, 0.2) is 42.6 Å². The van der Waals surface area contributed by atoms with Crippen molar-refractivity contribution in [3.63, 3.8) is 0 Å². The lowest BCUT2D eigenvalue weighted by Gasteiger charge is -2.08. The summed E-state index contributed by atoms with van der Waals surface area (Å²) in [7, 11) is 0. The molecule has 0 bridgehead atoms. The maximum atomic E-state index is 11.5. The summed E-state index contributed by atoms with van der Waals surface area (Å²) in [5, 5.41) is 5.91. The van der Waals surface area contributed by atoms with Crippen molar-refractivity contribution in [3.05, 3.63) is 48.2 Å². The zero-order valence-electron chi connectivity index (χ0n) is 12.7. The maximum absolute atomic E-state index is 11.5. The largest absolute Gasteiger partial charge is 0.340 e. The summed E-state index contributed by atoms with van der Waals surface area (Å²) in [5.41, 5.74) is 2.11. The minimum absolute atomic E-state index is 0.0147. The number of hydrogen-bond acceptors (Lipinski definition) is 4. The highest BCUT2D eigenvalue weighted by molar-refractivity contribution is 5.95. The predicted molar refractivity (Wildman–Crippen MR) is 87.5 cm³/mol. The summed E-state index contributed by atoms with van der Waals surface area (Å²) in [6.07, 6.45) is 2.91. The molecule has 0 radical (unpaired) electrons. The van der Waals surface area contributed by atoms with Crippen LogP contribution in [-0.2, 0) is 4.79 Å². The van der Waals surface area contributed by atoms with Gasteiger partial charge >= 0.3 is 0 Å². The Kier molecular flexibility index (Phi) is 5.25. The van der Waals surface area contributed by atoms with Gasteiger partial charge in [-0.15, -0.1) is 0 Å². The van der Waals surface area contributed by atoms with E-state index in [2.05, 4.69) is 15.6 Å². The Labute approximate surface area is 129 Å². The third-order valence-corrected chi connectivity index (χ3v) is 3.07. The molecule has 0 fully saturated rings. The fourth-order valence-electron chi connectivity index (χ4n) is 1.96. The molecule has 0 aliphatic rings. The highest BCUT2D eigenvalue weighted by atomic mass is 16.1. The molecule has 1 aromatic heterocycles. The topological polar surface area (TPSA) is 71.1 Å². The Balaban J connectivity index is 2.03. The molecule has 5 nitrogen and oxygen atoms in total. The van der Waals surface area contributed by atoms with Crippen molar-refractivity contribution in [2.24, 2.45) is 0 Å². The fraction of sp³-hybridized carbons (Fsp3) is 0.235. The van der Waals surface area contributed by atoms with Crippen molar-refractivity contribution in [2.45, 2.75) is 26.7 Å². The second-order valence-corrected chi connectivity index (χ2v) is 4.99. The first-order chi connectivity index (χ1) is 10.6. The summed E-state index contributed by atoms with van der Waals surface area (Å²) in [6, 6.07) is 10.8. The van der Waals surface area contributed by atoms with Gasteiger partial charge in [0, 0.05) is 17.7 Å². The number of amides is 1. The van der Waals surface area contributed by atoms with E-state index in [-0.39, 0.29) is 11.7 Å². The molecule has 1 aromatic carbocycles. The Morgan fingerprint density at radius 3 is 2.59 bits per heavy atom. The van der Waals surface area contributed by atoms with Gasteiger partial charge in [-0.2, -0.15) is 0 Å². The SMILES string of the molecule is CCCC(=O)Nc1ccc(Nc2cccc(C(C)=O)c2)nc1. The number of aromatic nitrogens is 1. The van der Waals surface area contributed by atoms with Gasteiger partial charge in [0.05, 0.1) is 11.9 Å². The second kappa shape index (κ2) is 7.36. The Morgan fingerprint density at radius 2 is 1.95 bits per heavy atom. The lowest BCUT2D eigenvalue weighted by atomic mass is 10.1. The molecule has 2 rings (SSSR count). The molecule has 0 aliphatic carbocycles. The summed E-state index contributed by atoms with van der Waals surface area (Å²) < 4.78 is 0.